The zero-order valence-corrected chi connectivity index (χ0v) is 11.4. The lowest BCUT2D eigenvalue weighted by molar-refractivity contribution is -0.144. The van der Waals surface area contributed by atoms with Crippen LogP contribution in [0.1, 0.15) is 40.0 Å². The van der Waals surface area contributed by atoms with E-state index >= 15 is 0 Å². The number of nitrogens with zero attached hydrogens (tertiary/aromatic N) is 1. The van der Waals surface area contributed by atoms with Crippen LogP contribution in [-0.2, 0) is 4.79 Å². The van der Waals surface area contributed by atoms with E-state index in [1.54, 1.807) is 13.8 Å². The van der Waals surface area contributed by atoms with Gasteiger partial charge in [-0.05, 0) is 26.2 Å². The van der Waals surface area contributed by atoms with Crippen LogP contribution < -0.4 is 5.32 Å². The first kappa shape index (κ1) is 16.7. The van der Waals surface area contributed by atoms with E-state index in [1.807, 2.05) is 6.92 Å². The van der Waals surface area contributed by atoms with E-state index in [-0.39, 0.29) is 6.61 Å². The molecule has 0 aliphatic heterocycles. The molecule has 3 N–H and O–H groups in total. The number of rotatable bonds is 8. The number of aliphatic hydroxyl groups is 1. The highest BCUT2D eigenvalue weighted by atomic mass is 16.4. The topological polar surface area (TPSA) is 89.9 Å². The molecule has 0 aliphatic rings. The first-order chi connectivity index (χ1) is 8.47. The van der Waals surface area contributed by atoms with E-state index in [2.05, 4.69) is 5.32 Å². The predicted octanol–water partition coefficient (Wildman–Crippen LogP) is 1.04. The summed E-state index contributed by atoms with van der Waals surface area (Å²) in [6.45, 7) is 6.20. The van der Waals surface area contributed by atoms with Crippen LogP contribution in [-0.4, -0.2) is 52.3 Å². The molecule has 2 amide bonds. The van der Waals surface area contributed by atoms with E-state index in [4.69, 9.17) is 5.11 Å². The van der Waals surface area contributed by atoms with Gasteiger partial charge in [0.2, 0.25) is 0 Å². The molecule has 6 heteroatoms. The van der Waals surface area contributed by atoms with Crippen molar-refractivity contribution in [2.45, 2.75) is 45.6 Å². The fourth-order valence-corrected chi connectivity index (χ4v) is 1.73. The zero-order chi connectivity index (χ0) is 14.2. The number of aliphatic hydroxyl groups excluding tert-OH is 1. The van der Waals surface area contributed by atoms with Gasteiger partial charge in [-0.1, -0.05) is 13.8 Å². The van der Waals surface area contributed by atoms with Crippen LogP contribution in [0.3, 0.4) is 0 Å². The van der Waals surface area contributed by atoms with Crippen molar-refractivity contribution < 1.29 is 19.8 Å². The van der Waals surface area contributed by atoms with Gasteiger partial charge in [0.15, 0.2) is 0 Å². The Morgan fingerprint density at radius 1 is 1.22 bits per heavy atom. The molecular weight excluding hydrogens is 236 g/mol. The second-order valence-electron chi connectivity index (χ2n) is 4.18. The lowest BCUT2D eigenvalue weighted by atomic mass is 9.93. The molecule has 106 valence electrons. The van der Waals surface area contributed by atoms with Gasteiger partial charge in [0.1, 0.15) is 5.54 Å². The number of urea groups is 1. The van der Waals surface area contributed by atoms with Crippen LogP contribution in [0.4, 0.5) is 4.79 Å². The number of aliphatic carboxylic acids is 1. The zero-order valence-electron chi connectivity index (χ0n) is 11.4. The number of hydrogen-bond donors (Lipinski definition) is 3. The summed E-state index contributed by atoms with van der Waals surface area (Å²) in [4.78, 5) is 24.8. The first-order valence-corrected chi connectivity index (χ1v) is 6.38. The number of nitrogens with one attached hydrogen (secondary N) is 1. The summed E-state index contributed by atoms with van der Waals surface area (Å²) in [5.74, 6) is -1.01. The lowest BCUT2D eigenvalue weighted by Gasteiger charge is -2.31. The lowest BCUT2D eigenvalue weighted by Crippen LogP contribution is -2.57. The summed E-state index contributed by atoms with van der Waals surface area (Å²) in [5.41, 5.74) is -1.20. The first-order valence-electron chi connectivity index (χ1n) is 6.38. The second kappa shape index (κ2) is 7.92. The van der Waals surface area contributed by atoms with Crippen molar-refractivity contribution in [2.75, 3.05) is 19.7 Å². The fraction of sp³-hybridized carbons (Fsp3) is 0.833. The van der Waals surface area contributed by atoms with Gasteiger partial charge in [-0.15, -0.1) is 0 Å². The van der Waals surface area contributed by atoms with Gasteiger partial charge < -0.3 is 20.4 Å². The molecule has 0 bridgehead atoms. The van der Waals surface area contributed by atoms with Crippen LogP contribution in [0, 0.1) is 0 Å². The van der Waals surface area contributed by atoms with Crippen molar-refractivity contribution in [3.05, 3.63) is 0 Å². The summed E-state index contributed by atoms with van der Waals surface area (Å²) in [5, 5.41) is 20.6. The number of carboxylic acids is 1. The Morgan fingerprint density at radius 2 is 1.78 bits per heavy atom. The number of amides is 2. The molecule has 0 heterocycles. The van der Waals surface area contributed by atoms with Crippen LogP contribution in [0.5, 0.6) is 0 Å². The Morgan fingerprint density at radius 3 is 2.11 bits per heavy atom. The van der Waals surface area contributed by atoms with Crippen LogP contribution in [0.25, 0.3) is 0 Å². The summed E-state index contributed by atoms with van der Waals surface area (Å²) in [6, 6.07) is -0.392. The van der Waals surface area contributed by atoms with Gasteiger partial charge in [-0.2, -0.15) is 0 Å². The van der Waals surface area contributed by atoms with Crippen molar-refractivity contribution in [1.82, 2.24) is 10.2 Å². The number of carbonyl (C=O) groups excluding carboxylic acids is 1. The minimum Gasteiger partial charge on any atom is -0.480 e. The summed E-state index contributed by atoms with van der Waals surface area (Å²) < 4.78 is 0. The van der Waals surface area contributed by atoms with Crippen molar-refractivity contribution in [2.24, 2.45) is 0 Å². The maximum absolute atomic E-state index is 12.0. The van der Waals surface area contributed by atoms with Crippen molar-refractivity contribution in [1.29, 1.82) is 0 Å². The molecule has 0 unspecified atom stereocenters. The molecule has 18 heavy (non-hydrogen) atoms. The van der Waals surface area contributed by atoms with Gasteiger partial charge in [0.25, 0.3) is 0 Å². The van der Waals surface area contributed by atoms with E-state index in [0.29, 0.717) is 32.4 Å². The molecule has 0 saturated heterocycles. The molecule has 0 saturated carbocycles. The third-order valence-electron chi connectivity index (χ3n) is 3.22. The molecule has 0 aromatic rings. The number of hydrogen-bond acceptors (Lipinski definition) is 3. The standard InChI is InChI=1S/C12H24N2O4/c1-4-12(5-2,10(16)17)13-11(18)14(6-3)8-7-9-15/h15H,4-9H2,1-3H3,(H,13,18)(H,16,17). The molecule has 0 aliphatic carbocycles. The highest BCUT2D eigenvalue weighted by Crippen LogP contribution is 2.16. The van der Waals surface area contributed by atoms with Crippen LogP contribution in [0.2, 0.25) is 0 Å². The average molecular weight is 260 g/mol. The monoisotopic (exact) mass is 260 g/mol. The Bertz CT molecular complexity index is 277. The van der Waals surface area contributed by atoms with Gasteiger partial charge in [-0.25, -0.2) is 9.59 Å². The van der Waals surface area contributed by atoms with Crippen molar-refractivity contribution in [3.8, 4) is 0 Å². The molecule has 0 atom stereocenters. The molecular formula is C12H24N2O4. The second-order valence-corrected chi connectivity index (χ2v) is 4.18. The molecule has 0 aromatic carbocycles. The third kappa shape index (κ3) is 4.18. The van der Waals surface area contributed by atoms with Gasteiger partial charge in [0.05, 0.1) is 0 Å². The predicted molar refractivity (Wildman–Crippen MR) is 68.4 cm³/mol. The number of carboxylic acid groups (broad SMARTS) is 1. The van der Waals surface area contributed by atoms with E-state index in [0.717, 1.165) is 0 Å². The van der Waals surface area contributed by atoms with Crippen LogP contribution in [0.15, 0.2) is 0 Å². The Balaban J connectivity index is 4.71. The molecule has 6 nitrogen and oxygen atoms in total. The van der Waals surface area contributed by atoms with E-state index in [9.17, 15) is 14.7 Å². The maximum atomic E-state index is 12.0. The number of carbonyl (C=O) groups is 2. The molecule has 0 fully saturated rings. The minimum absolute atomic E-state index is 0.00933. The molecule has 0 aromatic heterocycles. The largest absolute Gasteiger partial charge is 0.480 e. The van der Waals surface area contributed by atoms with E-state index < -0.39 is 17.5 Å². The van der Waals surface area contributed by atoms with E-state index in [1.165, 1.54) is 4.90 Å². The third-order valence-corrected chi connectivity index (χ3v) is 3.22. The van der Waals surface area contributed by atoms with Gasteiger partial charge in [-0.3, -0.25) is 0 Å². The Kier molecular flexibility index (Phi) is 7.35. The van der Waals surface area contributed by atoms with Crippen molar-refractivity contribution in [3.63, 3.8) is 0 Å². The Labute approximate surface area is 108 Å². The average Bonchev–Trinajstić information content (AvgIpc) is 2.36. The van der Waals surface area contributed by atoms with Crippen molar-refractivity contribution >= 4 is 12.0 Å². The maximum Gasteiger partial charge on any atom is 0.329 e. The summed E-state index contributed by atoms with van der Waals surface area (Å²) in [6.07, 6.45) is 1.16. The SMILES string of the molecule is CCN(CCCO)C(=O)NC(CC)(CC)C(=O)O. The molecule has 0 rings (SSSR count). The molecule has 0 spiro atoms. The normalized spacial score (nSPS) is 11.1. The minimum atomic E-state index is -1.20. The molecule has 0 radical (unpaired) electrons. The van der Waals surface area contributed by atoms with Crippen LogP contribution >= 0.6 is 0 Å². The summed E-state index contributed by atoms with van der Waals surface area (Å²) >= 11 is 0. The summed E-state index contributed by atoms with van der Waals surface area (Å²) in [7, 11) is 0. The van der Waals surface area contributed by atoms with Gasteiger partial charge in [0, 0.05) is 19.7 Å². The van der Waals surface area contributed by atoms with Gasteiger partial charge >= 0.3 is 12.0 Å². The smallest absolute Gasteiger partial charge is 0.329 e. The Hall–Kier alpha value is -1.30. The quantitative estimate of drug-likeness (QED) is 0.608. The highest BCUT2D eigenvalue weighted by molar-refractivity contribution is 5.86. The fourth-order valence-electron chi connectivity index (χ4n) is 1.73. The highest BCUT2D eigenvalue weighted by Gasteiger charge is 2.37.